The van der Waals surface area contributed by atoms with Crippen molar-refractivity contribution in [1.29, 1.82) is 0 Å². The molecule has 4 nitrogen and oxygen atoms in total. The monoisotopic (exact) mass is 312 g/mol. The summed E-state index contributed by atoms with van der Waals surface area (Å²) in [5.74, 6) is 2.80. The second kappa shape index (κ2) is 7.91. The van der Waals surface area contributed by atoms with Crippen LogP contribution in [0.3, 0.4) is 0 Å². The molecule has 3 rings (SSSR count). The number of rotatable bonds is 5. The highest BCUT2D eigenvalue weighted by Gasteiger charge is 2.59. The molecule has 0 amide bonds. The van der Waals surface area contributed by atoms with Crippen molar-refractivity contribution in [3.63, 3.8) is 0 Å². The van der Waals surface area contributed by atoms with Crippen LogP contribution in [0.1, 0.15) is 19.3 Å². The summed E-state index contributed by atoms with van der Waals surface area (Å²) in [5.41, 5.74) is 0. The molecule has 2 fully saturated rings. The smallest absolute Gasteiger partial charge is 0.160 e. The Morgan fingerprint density at radius 3 is 2.43 bits per heavy atom. The standard InChI is InChI=1S/C9H14B2NO.C8H10O2/c1-12-5-4-6-2-3-7(13)9(10)8(6)11-9;1-9-7-5-3-4-6-8(7)10-2/h6,8,12H,2-5H2,1H3;3-6H,1-2H3. The summed E-state index contributed by atoms with van der Waals surface area (Å²) < 4.78 is 10.0. The summed E-state index contributed by atoms with van der Waals surface area (Å²) >= 11 is 0. The molecule has 2 aliphatic rings. The fourth-order valence-electron chi connectivity index (χ4n) is 3.21. The molecule has 1 aliphatic carbocycles. The third-order valence-corrected chi connectivity index (χ3v) is 4.68. The van der Waals surface area contributed by atoms with Gasteiger partial charge in [0.2, 0.25) is 0 Å². The number of nitrogens with one attached hydrogen (secondary N) is 1. The van der Waals surface area contributed by atoms with Crippen molar-refractivity contribution in [2.24, 2.45) is 5.92 Å². The van der Waals surface area contributed by atoms with E-state index in [1.165, 1.54) is 0 Å². The van der Waals surface area contributed by atoms with E-state index in [0.717, 1.165) is 30.9 Å². The first-order chi connectivity index (χ1) is 11.1. The van der Waals surface area contributed by atoms with E-state index in [4.69, 9.17) is 17.3 Å². The van der Waals surface area contributed by atoms with Crippen molar-refractivity contribution in [2.45, 2.75) is 30.3 Å². The molecule has 6 heteroatoms. The Morgan fingerprint density at radius 1 is 1.30 bits per heavy atom. The molecule has 1 aromatic rings. The largest absolute Gasteiger partial charge is 0.493 e. The Balaban J connectivity index is 0.000000174. The van der Waals surface area contributed by atoms with Gasteiger partial charge in [0.05, 0.1) is 22.1 Å². The molecule has 0 bridgehead atoms. The van der Waals surface area contributed by atoms with Gasteiger partial charge in [-0.1, -0.05) is 17.9 Å². The highest BCUT2D eigenvalue weighted by atomic mass is 16.5. The van der Waals surface area contributed by atoms with Crippen LogP contribution in [0.25, 0.3) is 0 Å². The maximum Gasteiger partial charge on any atom is 0.160 e. The van der Waals surface area contributed by atoms with Gasteiger partial charge in [0.25, 0.3) is 0 Å². The Morgan fingerprint density at radius 2 is 1.91 bits per heavy atom. The van der Waals surface area contributed by atoms with Gasteiger partial charge in [-0.15, -0.1) is 0 Å². The molecule has 1 N–H and O–H groups in total. The summed E-state index contributed by atoms with van der Waals surface area (Å²) in [5, 5.41) is 2.62. The van der Waals surface area contributed by atoms with E-state index in [0.29, 0.717) is 18.2 Å². The van der Waals surface area contributed by atoms with Crippen LogP contribution in [0, 0.1) is 5.92 Å². The highest BCUT2D eigenvalue weighted by Crippen LogP contribution is 2.63. The first-order valence-corrected chi connectivity index (χ1v) is 8.06. The van der Waals surface area contributed by atoms with Gasteiger partial charge < -0.3 is 19.6 Å². The molecule has 0 spiro atoms. The molecule has 121 valence electrons. The molecular formula is C17H24B2NO3. The second-order valence-corrected chi connectivity index (χ2v) is 6.09. The zero-order chi connectivity index (χ0) is 16.9. The van der Waals surface area contributed by atoms with Crippen LogP contribution in [0.15, 0.2) is 24.3 Å². The Hall–Kier alpha value is -1.42. The number of ether oxygens (including phenoxy) is 2. The summed E-state index contributed by atoms with van der Waals surface area (Å²) in [7, 11) is 13.2. The van der Waals surface area contributed by atoms with Gasteiger partial charge in [0.15, 0.2) is 11.5 Å². The van der Waals surface area contributed by atoms with Gasteiger partial charge in [-0.05, 0) is 49.7 Å². The Labute approximate surface area is 141 Å². The van der Waals surface area contributed by atoms with Gasteiger partial charge in [0.1, 0.15) is 13.1 Å². The third kappa shape index (κ3) is 4.11. The van der Waals surface area contributed by atoms with Crippen molar-refractivity contribution >= 4 is 20.9 Å². The molecule has 3 unspecified atom stereocenters. The van der Waals surface area contributed by atoms with E-state index >= 15 is 0 Å². The van der Waals surface area contributed by atoms with Crippen LogP contribution in [0.5, 0.6) is 11.5 Å². The number of methoxy groups -OCH3 is 2. The summed E-state index contributed by atoms with van der Waals surface area (Å²) in [6.45, 7) is 1.03. The highest BCUT2D eigenvalue weighted by molar-refractivity contribution is 6.77. The maximum absolute atomic E-state index is 11.4. The van der Waals surface area contributed by atoms with Gasteiger partial charge in [0, 0.05) is 6.42 Å². The molecule has 0 aromatic heterocycles. The molecule has 1 saturated heterocycles. The van der Waals surface area contributed by atoms with Crippen molar-refractivity contribution in [1.82, 2.24) is 5.32 Å². The molecular weight excluding hydrogens is 288 g/mol. The summed E-state index contributed by atoms with van der Waals surface area (Å²) in [4.78, 5) is 11.4. The quantitative estimate of drug-likeness (QED) is 0.846. The minimum Gasteiger partial charge on any atom is -0.493 e. The zero-order valence-electron chi connectivity index (χ0n) is 14.2. The molecule has 1 aromatic carbocycles. The number of carbonyl (C=O) groups excluding carboxylic acids is 1. The Kier molecular flexibility index (Phi) is 6.17. The van der Waals surface area contributed by atoms with Crippen molar-refractivity contribution in [3.05, 3.63) is 24.3 Å². The lowest BCUT2D eigenvalue weighted by molar-refractivity contribution is -0.120. The van der Waals surface area contributed by atoms with Gasteiger partial charge >= 0.3 is 0 Å². The van der Waals surface area contributed by atoms with Crippen molar-refractivity contribution in [3.8, 4) is 11.5 Å². The predicted molar refractivity (Wildman–Crippen MR) is 93.8 cm³/mol. The lowest BCUT2D eigenvalue weighted by Crippen LogP contribution is -2.22. The topological polar surface area (TPSA) is 47.6 Å². The van der Waals surface area contributed by atoms with Gasteiger partial charge in [-0.2, -0.15) is 0 Å². The number of ketones is 1. The Bertz CT molecular complexity index is 517. The van der Waals surface area contributed by atoms with Crippen molar-refractivity contribution < 1.29 is 14.3 Å². The normalized spacial score (nSPS) is 27.9. The molecule has 1 heterocycles. The van der Waals surface area contributed by atoms with E-state index in [2.05, 4.69) is 5.32 Å². The van der Waals surface area contributed by atoms with Crippen LogP contribution < -0.4 is 14.8 Å². The van der Waals surface area contributed by atoms with Gasteiger partial charge in [-0.3, -0.25) is 0 Å². The van der Waals surface area contributed by atoms with E-state index in [1.54, 1.807) is 14.2 Å². The third-order valence-electron chi connectivity index (χ3n) is 4.68. The fourth-order valence-corrected chi connectivity index (χ4v) is 3.21. The first-order valence-electron chi connectivity index (χ1n) is 8.06. The van der Waals surface area contributed by atoms with E-state index in [1.807, 2.05) is 38.6 Å². The minimum atomic E-state index is -0.517. The predicted octanol–water partition coefficient (Wildman–Crippen LogP) is 2.07. The summed E-state index contributed by atoms with van der Waals surface area (Å²) in [6, 6.07) is 7.53. The number of para-hydroxylation sites is 2. The molecule has 1 aliphatic heterocycles. The van der Waals surface area contributed by atoms with Crippen LogP contribution in [0.2, 0.25) is 11.0 Å². The van der Waals surface area contributed by atoms with Crippen LogP contribution in [-0.2, 0) is 4.79 Å². The minimum absolute atomic E-state index is 0.248. The number of fused-ring (bicyclic) bond motifs is 1. The van der Waals surface area contributed by atoms with Crippen LogP contribution in [-0.4, -0.2) is 48.7 Å². The first kappa shape index (κ1) is 17.9. The number of carbonyl (C=O) groups is 1. The SMILES string of the molecule is COc1ccccc1OC.[B]C12[B]C1C(CCNC)CCC2=O. The van der Waals surface area contributed by atoms with Crippen molar-refractivity contribution in [2.75, 3.05) is 27.8 Å². The lowest BCUT2D eigenvalue weighted by Gasteiger charge is -2.26. The van der Waals surface area contributed by atoms with E-state index in [9.17, 15) is 4.79 Å². The molecule has 23 heavy (non-hydrogen) atoms. The molecule has 1 saturated carbocycles. The molecule has 3 radical (unpaired) electrons. The van der Waals surface area contributed by atoms with E-state index in [-0.39, 0.29) is 5.78 Å². The van der Waals surface area contributed by atoms with E-state index < -0.39 is 5.21 Å². The number of hydrogen-bond acceptors (Lipinski definition) is 4. The maximum atomic E-state index is 11.4. The average Bonchev–Trinajstić information content (AvgIpc) is 3.29. The summed E-state index contributed by atoms with van der Waals surface area (Å²) in [6.07, 6.45) is 2.85. The average molecular weight is 312 g/mol. The lowest BCUT2D eigenvalue weighted by atomic mass is 9.65. The van der Waals surface area contributed by atoms with Crippen LogP contribution >= 0.6 is 0 Å². The number of Topliss-reactive ketones (excluding diaryl/α,β-unsaturated/α-hetero) is 1. The number of hydrogen-bond donors (Lipinski definition) is 1. The molecule has 3 atom stereocenters. The van der Waals surface area contributed by atoms with Crippen LogP contribution in [0.4, 0.5) is 0 Å². The number of benzene rings is 1. The second-order valence-electron chi connectivity index (χ2n) is 6.09. The fraction of sp³-hybridized carbons (Fsp3) is 0.588. The van der Waals surface area contributed by atoms with Gasteiger partial charge in [-0.25, -0.2) is 0 Å². The zero-order valence-corrected chi connectivity index (χ0v) is 14.2.